The van der Waals surface area contributed by atoms with Crippen molar-refractivity contribution in [2.75, 3.05) is 18.5 Å². The first-order valence-corrected chi connectivity index (χ1v) is 9.50. The van der Waals surface area contributed by atoms with E-state index in [1.165, 1.54) is 0 Å². The predicted molar refractivity (Wildman–Crippen MR) is 105 cm³/mol. The molecule has 0 radical (unpaired) electrons. The van der Waals surface area contributed by atoms with Crippen LogP contribution in [0, 0.1) is 0 Å². The molecule has 1 saturated carbocycles. The lowest BCUT2D eigenvalue weighted by Crippen LogP contribution is -2.27. The minimum atomic E-state index is -0.259. The number of hydrogen-bond donors (Lipinski definition) is 1. The van der Waals surface area contributed by atoms with Gasteiger partial charge in [-0.1, -0.05) is 17.3 Å². The van der Waals surface area contributed by atoms with Crippen LogP contribution in [0.25, 0.3) is 0 Å². The summed E-state index contributed by atoms with van der Waals surface area (Å²) in [6, 6.07) is 11.5. The summed E-state index contributed by atoms with van der Waals surface area (Å²) in [5.41, 5.74) is 2.86. The maximum Gasteiger partial charge on any atom is 0.290 e. The largest absolute Gasteiger partial charge is 0.359 e. The Morgan fingerprint density at radius 2 is 2.07 bits per heavy atom. The summed E-state index contributed by atoms with van der Waals surface area (Å²) in [5, 5.41) is 6.90. The lowest BCUT2D eigenvalue weighted by atomic mass is 10.2. The van der Waals surface area contributed by atoms with Crippen molar-refractivity contribution < 1.29 is 9.32 Å². The van der Waals surface area contributed by atoms with Crippen molar-refractivity contribution in [3.8, 4) is 0 Å². The average Bonchev–Trinajstić information content (AvgIpc) is 3.47. The molecule has 0 unspecified atom stereocenters. The van der Waals surface area contributed by atoms with Crippen LogP contribution in [-0.2, 0) is 13.0 Å². The van der Waals surface area contributed by atoms with Gasteiger partial charge in [-0.3, -0.25) is 9.78 Å². The average molecular weight is 377 g/mol. The molecule has 7 heteroatoms. The van der Waals surface area contributed by atoms with E-state index in [2.05, 4.69) is 25.3 Å². The van der Waals surface area contributed by atoms with Crippen molar-refractivity contribution in [1.29, 1.82) is 0 Å². The minimum absolute atomic E-state index is 0.259. The minimum Gasteiger partial charge on any atom is -0.359 e. The van der Waals surface area contributed by atoms with Gasteiger partial charge in [0.2, 0.25) is 5.76 Å². The van der Waals surface area contributed by atoms with Gasteiger partial charge in [-0.2, -0.15) is 0 Å². The molecule has 0 spiro atoms. The van der Waals surface area contributed by atoms with Crippen LogP contribution in [0.3, 0.4) is 0 Å². The molecule has 7 nitrogen and oxygen atoms in total. The second-order valence-electron chi connectivity index (χ2n) is 7.05. The van der Waals surface area contributed by atoms with Gasteiger partial charge in [0.1, 0.15) is 5.82 Å². The van der Waals surface area contributed by atoms with Gasteiger partial charge in [-0.15, -0.1) is 0 Å². The van der Waals surface area contributed by atoms with Gasteiger partial charge < -0.3 is 14.7 Å². The third-order valence-corrected chi connectivity index (χ3v) is 4.85. The lowest BCUT2D eigenvalue weighted by molar-refractivity contribution is 0.0914. The third-order valence-electron chi connectivity index (χ3n) is 4.85. The van der Waals surface area contributed by atoms with Crippen LogP contribution >= 0.6 is 0 Å². The first-order chi connectivity index (χ1) is 13.7. The van der Waals surface area contributed by atoms with Crippen molar-refractivity contribution >= 4 is 11.7 Å². The lowest BCUT2D eigenvalue weighted by Gasteiger charge is -2.21. The number of likely N-dealkylation sites (N-methyl/N-ethyl adjacent to an activating group) is 1. The van der Waals surface area contributed by atoms with Gasteiger partial charge in [0.25, 0.3) is 5.91 Å². The molecule has 1 aliphatic rings. The molecule has 0 aliphatic heterocycles. The molecule has 1 fully saturated rings. The molecule has 0 aromatic carbocycles. The standard InChI is InChI=1S/C21H23N5O2/c1-26(12-9-17-6-2-3-10-22-17)20-16(5-4-11-23-20)14-24-21(27)19-13-18(25-28-19)15-7-8-15/h2-6,10-11,13,15H,7-9,12,14H2,1H3,(H,24,27). The number of nitrogens with one attached hydrogen (secondary N) is 1. The smallest absolute Gasteiger partial charge is 0.290 e. The Kier molecular flexibility index (Phi) is 5.32. The van der Waals surface area contributed by atoms with Crippen LogP contribution in [0.2, 0.25) is 0 Å². The first-order valence-electron chi connectivity index (χ1n) is 9.50. The Hall–Kier alpha value is -3.22. The van der Waals surface area contributed by atoms with Gasteiger partial charge in [-0.05, 0) is 31.0 Å². The SMILES string of the molecule is CN(CCc1ccccn1)c1ncccc1CNC(=O)c1cc(C2CC2)no1. The Bertz CT molecular complexity index is 937. The fourth-order valence-electron chi connectivity index (χ4n) is 3.08. The fourth-order valence-corrected chi connectivity index (χ4v) is 3.08. The third kappa shape index (κ3) is 4.36. The highest BCUT2D eigenvalue weighted by Crippen LogP contribution is 2.39. The molecular weight excluding hydrogens is 354 g/mol. The van der Waals surface area contributed by atoms with Gasteiger partial charge >= 0.3 is 0 Å². The van der Waals surface area contributed by atoms with Crippen LogP contribution in [0.15, 0.2) is 53.3 Å². The number of amides is 1. The number of aromatic nitrogens is 3. The number of carbonyl (C=O) groups is 1. The predicted octanol–water partition coefficient (Wildman–Crippen LogP) is 2.95. The van der Waals surface area contributed by atoms with Crippen LogP contribution in [-0.4, -0.2) is 34.6 Å². The number of rotatable bonds is 8. The quantitative estimate of drug-likeness (QED) is 0.650. The van der Waals surface area contributed by atoms with Crippen molar-refractivity contribution in [2.45, 2.75) is 31.7 Å². The summed E-state index contributed by atoms with van der Waals surface area (Å²) < 4.78 is 5.19. The summed E-state index contributed by atoms with van der Waals surface area (Å²) in [4.78, 5) is 23.3. The van der Waals surface area contributed by atoms with Crippen molar-refractivity contribution in [3.63, 3.8) is 0 Å². The molecule has 0 atom stereocenters. The summed E-state index contributed by atoms with van der Waals surface area (Å²) in [5.74, 6) is 1.30. The summed E-state index contributed by atoms with van der Waals surface area (Å²) in [6.07, 6.45) is 6.63. The van der Waals surface area contributed by atoms with E-state index in [0.717, 1.165) is 48.6 Å². The molecule has 3 heterocycles. The van der Waals surface area contributed by atoms with E-state index in [-0.39, 0.29) is 11.7 Å². The number of hydrogen-bond acceptors (Lipinski definition) is 6. The molecule has 144 valence electrons. The molecule has 0 bridgehead atoms. The molecule has 0 saturated heterocycles. The van der Waals surface area contributed by atoms with Gasteiger partial charge in [0.15, 0.2) is 0 Å². The Morgan fingerprint density at radius 1 is 1.21 bits per heavy atom. The van der Waals surface area contributed by atoms with Gasteiger partial charge in [0, 0.05) is 62.2 Å². The normalized spacial score (nSPS) is 13.3. The monoisotopic (exact) mass is 377 g/mol. The Morgan fingerprint density at radius 3 is 2.86 bits per heavy atom. The molecule has 1 amide bonds. The van der Waals surface area contributed by atoms with E-state index in [0.29, 0.717) is 12.5 Å². The highest BCUT2D eigenvalue weighted by molar-refractivity contribution is 5.91. The molecule has 1 aliphatic carbocycles. The van der Waals surface area contributed by atoms with Gasteiger partial charge in [0.05, 0.1) is 5.69 Å². The van der Waals surface area contributed by atoms with Crippen LogP contribution in [0.1, 0.15) is 46.3 Å². The number of pyridine rings is 2. The maximum atomic E-state index is 12.4. The van der Waals surface area contributed by atoms with E-state index in [4.69, 9.17) is 4.52 Å². The highest BCUT2D eigenvalue weighted by Gasteiger charge is 2.28. The molecule has 3 aromatic heterocycles. The van der Waals surface area contributed by atoms with Gasteiger partial charge in [-0.25, -0.2) is 4.98 Å². The van der Waals surface area contributed by atoms with E-state index >= 15 is 0 Å². The molecule has 4 rings (SSSR count). The second kappa shape index (κ2) is 8.21. The Balaban J connectivity index is 1.37. The van der Waals surface area contributed by atoms with Crippen LogP contribution in [0.5, 0.6) is 0 Å². The highest BCUT2D eigenvalue weighted by atomic mass is 16.5. The zero-order valence-corrected chi connectivity index (χ0v) is 15.8. The maximum absolute atomic E-state index is 12.4. The summed E-state index contributed by atoms with van der Waals surface area (Å²) in [6.45, 7) is 1.15. The number of nitrogens with zero attached hydrogens (tertiary/aromatic N) is 4. The molecule has 1 N–H and O–H groups in total. The zero-order chi connectivity index (χ0) is 19.3. The summed E-state index contributed by atoms with van der Waals surface area (Å²) in [7, 11) is 1.99. The van der Waals surface area contributed by atoms with E-state index < -0.39 is 0 Å². The molecule has 28 heavy (non-hydrogen) atoms. The Labute approximate surface area is 163 Å². The van der Waals surface area contributed by atoms with Crippen molar-refractivity contribution in [2.24, 2.45) is 0 Å². The van der Waals surface area contributed by atoms with Crippen LogP contribution < -0.4 is 10.2 Å². The first kappa shape index (κ1) is 18.2. The topological polar surface area (TPSA) is 84.2 Å². The van der Waals surface area contributed by atoms with E-state index in [9.17, 15) is 4.79 Å². The number of carbonyl (C=O) groups excluding carboxylic acids is 1. The van der Waals surface area contributed by atoms with E-state index in [1.807, 2.05) is 37.4 Å². The van der Waals surface area contributed by atoms with Crippen LogP contribution in [0.4, 0.5) is 5.82 Å². The van der Waals surface area contributed by atoms with Crippen molar-refractivity contribution in [3.05, 3.63) is 71.5 Å². The fraction of sp³-hybridized carbons (Fsp3) is 0.333. The molecule has 3 aromatic rings. The number of anilines is 1. The second-order valence-corrected chi connectivity index (χ2v) is 7.05. The van der Waals surface area contributed by atoms with Crippen molar-refractivity contribution in [1.82, 2.24) is 20.4 Å². The zero-order valence-electron chi connectivity index (χ0n) is 15.8. The summed E-state index contributed by atoms with van der Waals surface area (Å²) >= 11 is 0. The van der Waals surface area contributed by atoms with E-state index in [1.54, 1.807) is 18.5 Å². The molecular formula is C21H23N5O2.